The van der Waals surface area contributed by atoms with Crippen molar-refractivity contribution in [1.82, 2.24) is 4.98 Å². The molecule has 0 radical (unpaired) electrons. The number of anilines is 2. The molecule has 1 fully saturated rings. The average Bonchev–Trinajstić information content (AvgIpc) is 2.98. The van der Waals surface area contributed by atoms with E-state index in [0.717, 1.165) is 25.1 Å². The van der Waals surface area contributed by atoms with Crippen molar-refractivity contribution in [2.75, 3.05) is 24.2 Å². The number of aromatic nitrogens is 1. The lowest BCUT2D eigenvalue weighted by molar-refractivity contribution is 0.220. The van der Waals surface area contributed by atoms with Crippen molar-refractivity contribution in [1.29, 1.82) is 0 Å². The Balaban J connectivity index is 1.95. The maximum Gasteiger partial charge on any atom is 0.0736 e. The van der Waals surface area contributed by atoms with Crippen molar-refractivity contribution < 1.29 is 5.11 Å². The molecule has 0 aliphatic heterocycles. The molecule has 0 saturated heterocycles. The molecule has 1 aliphatic rings. The SMILES string of the molecule is Nc1cnccc1NCC1(CO)CC1. The maximum atomic E-state index is 9.12. The van der Waals surface area contributed by atoms with Gasteiger partial charge >= 0.3 is 0 Å². The first kappa shape index (κ1) is 9.27. The van der Waals surface area contributed by atoms with Gasteiger partial charge in [-0.2, -0.15) is 0 Å². The highest BCUT2D eigenvalue weighted by atomic mass is 16.3. The third-order valence-electron chi connectivity index (χ3n) is 2.80. The number of rotatable bonds is 4. The molecule has 1 aliphatic carbocycles. The lowest BCUT2D eigenvalue weighted by Gasteiger charge is -2.14. The summed E-state index contributed by atoms with van der Waals surface area (Å²) in [5.41, 5.74) is 7.39. The van der Waals surface area contributed by atoms with Gasteiger partial charge in [-0.1, -0.05) is 0 Å². The van der Waals surface area contributed by atoms with E-state index in [9.17, 15) is 0 Å². The summed E-state index contributed by atoms with van der Waals surface area (Å²) in [5.74, 6) is 0. The minimum absolute atomic E-state index is 0.107. The Morgan fingerprint density at radius 2 is 2.36 bits per heavy atom. The molecule has 1 aromatic rings. The van der Waals surface area contributed by atoms with Gasteiger partial charge in [0.25, 0.3) is 0 Å². The van der Waals surface area contributed by atoms with Crippen LogP contribution in [0.3, 0.4) is 0 Å². The van der Waals surface area contributed by atoms with Crippen LogP contribution in [0.4, 0.5) is 11.4 Å². The summed E-state index contributed by atoms with van der Waals surface area (Å²) in [7, 11) is 0. The highest BCUT2D eigenvalue weighted by Gasteiger charge is 2.41. The fourth-order valence-corrected chi connectivity index (χ4v) is 1.42. The van der Waals surface area contributed by atoms with E-state index in [2.05, 4.69) is 10.3 Å². The van der Waals surface area contributed by atoms with Gasteiger partial charge in [-0.3, -0.25) is 4.98 Å². The Kier molecular flexibility index (Phi) is 2.29. The third-order valence-corrected chi connectivity index (χ3v) is 2.80. The van der Waals surface area contributed by atoms with Crippen LogP contribution in [0.15, 0.2) is 18.5 Å². The Morgan fingerprint density at radius 1 is 1.57 bits per heavy atom. The summed E-state index contributed by atoms with van der Waals surface area (Å²) < 4.78 is 0. The Morgan fingerprint density at radius 3 is 2.93 bits per heavy atom. The number of nitrogens with two attached hydrogens (primary N) is 1. The van der Waals surface area contributed by atoms with Crippen molar-refractivity contribution in [3.8, 4) is 0 Å². The monoisotopic (exact) mass is 193 g/mol. The van der Waals surface area contributed by atoms with E-state index in [-0.39, 0.29) is 12.0 Å². The molecule has 1 heterocycles. The number of hydrogen-bond acceptors (Lipinski definition) is 4. The third kappa shape index (κ3) is 1.80. The summed E-state index contributed by atoms with van der Waals surface area (Å²) in [6, 6.07) is 1.85. The second-order valence-electron chi connectivity index (χ2n) is 3.97. The van der Waals surface area contributed by atoms with Gasteiger partial charge in [-0.15, -0.1) is 0 Å². The van der Waals surface area contributed by atoms with Gasteiger partial charge in [0.1, 0.15) is 0 Å². The van der Waals surface area contributed by atoms with Crippen molar-refractivity contribution in [3.05, 3.63) is 18.5 Å². The second-order valence-corrected chi connectivity index (χ2v) is 3.97. The molecule has 1 aromatic heterocycles. The number of nitrogen functional groups attached to an aromatic ring is 1. The van der Waals surface area contributed by atoms with Crippen LogP contribution in [-0.4, -0.2) is 23.2 Å². The molecule has 0 bridgehead atoms. The van der Waals surface area contributed by atoms with Gasteiger partial charge in [0.15, 0.2) is 0 Å². The molecule has 2 rings (SSSR count). The lowest BCUT2D eigenvalue weighted by atomic mass is 10.1. The molecule has 0 atom stereocenters. The normalized spacial score (nSPS) is 17.8. The molecule has 14 heavy (non-hydrogen) atoms. The quantitative estimate of drug-likeness (QED) is 0.663. The summed E-state index contributed by atoms with van der Waals surface area (Å²) in [4.78, 5) is 3.91. The van der Waals surface area contributed by atoms with Gasteiger partial charge < -0.3 is 16.2 Å². The summed E-state index contributed by atoms with van der Waals surface area (Å²) in [5, 5.41) is 12.4. The van der Waals surface area contributed by atoms with E-state index in [1.54, 1.807) is 12.4 Å². The fraction of sp³-hybridized carbons (Fsp3) is 0.500. The van der Waals surface area contributed by atoms with Crippen LogP contribution >= 0.6 is 0 Å². The van der Waals surface area contributed by atoms with Crippen LogP contribution in [0.5, 0.6) is 0 Å². The smallest absolute Gasteiger partial charge is 0.0736 e. The number of nitrogens with zero attached hydrogens (tertiary/aromatic N) is 1. The van der Waals surface area contributed by atoms with Gasteiger partial charge in [0, 0.05) is 18.2 Å². The number of pyridine rings is 1. The van der Waals surface area contributed by atoms with E-state index < -0.39 is 0 Å². The van der Waals surface area contributed by atoms with E-state index in [4.69, 9.17) is 10.8 Å². The molecule has 0 aromatic carbocycles. The zero-order chi connectivity index (χ0) is 10.0. The predicted octanol–water partition coefficient (Wildman–Crippen LogP) is 0.848. The van der Waals surface area contributed by atoms with Crippen molar-refractivity contribution in [2.24, 2.45) is 5.41 Å². The van der Waals surface area contributed by atoms with Gasteiger partial charge in [0.05, 0.1) is 24.2 Å². The molecule has 4 heteroatoms. The van der Waals surface area contributed by atoms with E-state index in [0.29, 0.717) is 5.69 Å². The van der Waals surface area contributed by atoms with Crippen molar-refractivity contribution in [3.63, 3.8) is 0 Å². The molecule has 4 nitrogen and oxygen atoms in total. The molecule has 0 spiro atoms. The van der Waals surface area contributed by atoms with Crippen LogP contribution < -0.4 is 11.1 Å². The largest absolute Gasteiger partial charge is 0.396 e. The highest BCUT2D eigenvalue weighted by Crippen LogP contribution is 2.45. The molecule has 0 unspecified atom stereocenters. The molecule has 4 N–H and O–H groups in total. The van der Waals surface area contributed by atoms with Gasteiger partial charge in [-0.05, 0) is 18.9 Å². The zero-order valence-electron chi connectivity index (χ0n) is 8.03. The van der Waals surface area contributed by atoms with Crippen LogP contribution in [0.2, 0.25) is 0 Å². The Bertz CT molecular complexity index is 323. The van der Waals surface area contributed by atoms with Crippen molar-refractivity contribution in [2.45, 2.75) is 12.8 Å². The number of aliphatic hydroxyl groups excluding tert-OH is 1. The highest BCUT2D eigenvalue weighted by molar-refractivity contribution is 5.64. The Hall–Kier alpha value is -1.29. The number of nitrogens with one attached hydrogen (secondary N) is 1. The topological polar surface area (TPSA) is 71.2 Å². The molecular weight excluding hydrogens is 178 g/mol. The number of hydrogen-bond donors (Lipinski definition) is 3. The van der Waals surface area contributed by atoms with Crippen LogP contribution in [0, 0.1) is 5.41 Å². The Labute approximate surface area is 83.2 Å². The van der Waals surface area contributed by atoms with Crippen molar-refractivity contribution >= 4 is 11.4 Å². The molecule has 1 saturated carbocycles. The average molecular weight is 193 g/mol. The van der Waals surface area contributed by atoms with Crippen LogP contribution in [0.1, 0.15) is 12.8 Å². The number of aliphatic hydroxyl groups is 1. The first-order chi connectivity index (χ1) is 6.76. The first-order valence-electron chi connectivity index (χ1n) is 4.80. The second kappa shape index (κ2) is 3.46. The van der Waals surface area contributed by atoms with Crippen LogP contribution in [-0.2, 0) is 0 Å². The van der Waals surface area contributed by atoms with Gasteiger partial charge in [0.2, 0.25) is 0 Å². The molecule has 76 valence electrons. The summed E-state index contributed by atoms with van der Waals surface area (Å²) >= 11 is 0. The molecular formula is C10H15N3O. The summed E-state index contributed by atoms with van der Waals surface area (Å²) in [6.07, 6.45) is 5.53. The van der Waals surface area contributed by atoms with E-state index >= 15 is 0 Å². The van der Waals surface area contributed by atoms with Crippen LogP contribution in [0.25, 0.3) is 0 Å². The van der Waals surface area contributed by atoms with E-state index in [1.165, 1.54) is 0 Å². The maximum absolute atomic E-state index is 9.12. The predicted molar refractivity (Wildman–Crippen MR) is 55.9 cm³/mol. The minimum atomic E-state index is 0.107. The zero-order valence-corrected chi connectivity index (χ0v) is 8.03. The minimum Gasteiger partial charge on any atom is -0.396 e. The van der Waals surface area contributed by atoms with E-state index in [1.807, 2.05) is 6.07 Å². The lowest BCUT2D eigenvalue weighted by Crippen LogP contribution is -2.19. The first-order valence-corrected chi connectivity index (χ1v) is 4.80. The summed E-state index contributed by atoms with van der Waals surface area (Å²) in [6.45, 7) is 1.04. The molecule has 0 amide bonds. The van der Waals surface area contributed by atoms with Gasteiger partial charge in [-0.25, -0.2) is 0 Å². The fourth-order valence-electron chi connectivity index (χ4n) is 1.42. The standard InChI is InChI=1S/C10H15N3O/c11-8-5-12-4-1-9(8)13-6-10(7-14)2-3-10/h1,4-5,14H,2-3,6-7,11H2,(H,12,13).